The van der Waals surface area contributed by atoms with Crippen molar-refractivity contribution < 1.29 is 32.0 Å². The highest BCUT2D eigenvalue weighted by molar-refractivity contribution is 5.95. The molecule has 1 aliphatic heterocycles. The molecule has 1 aliphatic rings. The zero-order valence-corrected chi connectivity index (χ0v) is 19.2. The van der Waals surface area contributed by atoms with E-state index < -0.39 is 12.1 Å². The maximum atomic E-state index is 13.0. The van der Waals surface area contributed by atoms with E-state index in [0.717, 1.165) is 0 Å². The number of hydrogen-bond acceptors (Lipinski definition) is 8. The zero-order chi connectivity index (χ0) is 25.0. The van der Waals surface area contributed by atoms with Gasteiger partial charge in [0.15, 0.2) is 11.5 Å². The molecule has 1 aromatic carbocycles. The van der Waals surface area contributed by atoms with Gasteiger partial charge in [0, 0.05) is 43.5 Å². The fourth-order valence-electron chi connectivity index (χ4n) is 3.67. The lowest BCUT2D eigenvalue weighted by Gasteiger charge is -2.35. The second kappa shape index (κ2) is 10.2. The lowest BCUT2D eigenvalue weighted by molar-refractivity contribution is -0.159. The smallest absolute Gasteiger partial charge is 0.471 e. The van der Waals surface area contributed by atoms with Crippen LogP contribution in [0.2, 0.25) is 0 Å². The molecule has 4 rings (SSSR count). The number of halogens is 3. The topological polar surface area (TPSA) is 93.8 Å². The van der Waals surface area contributed by atoms with E-state index in [1.165, 1.54) is 6.20 Å². The SMILES string of the molecule is CCOc1ccc(C(=O)N2CCN(c3ccc(-c4noc(C(F)(F)F)n4)cn3)CC2)cc1OCC. The fraction of sp³-hybridized carbons (Fsp3) is 0.391. The van der Waals surface area contributed by atoms with Crippen molar-refractivity contribution >= 4 is 11.7 Å². The average Bonchev–Trinajstić information content (AvgIpc) is 3.36. The molecule has 35 heavy (non-hydrogen) atoms. The van der Waals surface area contributed by atoms with E-state index in [2.05, 4.69) is 19.6 Å². The fourth-order valence-corrected chi connectivity index (χ4v) is 3.67. The van der Waals surface area contributed by atoms with Gasteiger partial charge in [0.1, 0.15) is 5.82 Å². The molecule has 1 saturated heterocycles. The Bertz CT molecular complexity index is 1160. The Hall–Kier alpha value is -3.83. The molecule has 0 bridgehead atoms. The van der Waals surface area contributed by atoms with E-state index in [1.54, 1.807) is 35.2 Å². The van der Waals surface area contributed by atoms with Crippen molar-refractivity contribution in [3.63, 3.8) is 0 Å². The highest BCUT2D eigenvalue weighted by Gasteiger charge is 2.38. The summed E-state index contributed by atoms with van der Waals surface area (Å²) in [6.45, 7) is 6.77. The second-order valence-electron chi connectivity index (χ2n) is 7.63. The minimum Gasteiger partial charge on any atom is -0.490 e. The molecule has 9 nitrogen and oxygen atoms in total. The Labute approximate surface area is 199 Å². The molecule has 2 aromatic heterocycles. The van der Waals surface area contributed by atoms with E-state index in [4.69, 9.17) is 9.47 Å². The number of alkyl halides is 3. The van der Waals surface area contributed by atoms with Crippen molar-refractivity contribution in [2.24, 2.45) is 0 Å². The highest BCUT2D eigenvalue weighted by atomic mass is 19.4. The lowest BCUT2D eigenvalue weighted by Crippen LogP contribution is -2.49. The van der Waals surface area contributed by atoms with Crippen LogP contribution in [0.1, 0.15) is 30.1 Å². The minimum absolute atomic E-state index is 0.102. The van der Waals surface area contributed by atoms with Gasteiger partial charge in [-0.3, -0.25) is 4.79 Å². The Kier molecular flexibility index (Phi) is 7.08. The summed E-state index contributed by atoms with van der Waals surface area (Å²) in [4.78, 5) is 24.5. The number of nitrogens with zero attached hydrogens (tertiary/aromatic N) is 5. The molecule has 0 atom stereocenters. The molecule has 3 aromatic rings. The predicted molar refractivity (Wildman–Crippen MR) is 119 cm³/mol. The first kappa shape index (κ1) is 24.3. The quantitative estimate of drug-likeness (QED) is 0.491. The number of amides is 1. The third-order valence-corrected chi connectivity index (χ3v) is 5.36. The normalized spacial score (nSPS) is 14.2. The Morgan fingerprint density at radius 2 is 1.74 bits per heavy atom. The van der Waals surface area contributed by atoms with Crippen LogP contribution in [-0.2, 0) is 6.18 Å². The Morgan fingerprint density at radius 1 is 1.03 bits per heavy atom. The van der Waals surface area contributed by atoms with Crippen molar-refractivity contribution in [2.45, 2.75) is 20.0 Å². The van der Waals surface area contributed by atoms with Crippen LogP contribution >= 0.6 is 0 Å². The van der Waals surface area contributed by atoms with Crippen molar-refractivity contribution in [3.8, 4) is 22.9 Å². The molecule has 0 N–H and O–H groups in total. The van der Waals surface area contributed by atoms with Gasteiger partial charge in [-0.1, -0.05) is 5.16 Å². The summed E-state index contributed by atoms with van der Waals surface area (Å²) in [6, 6.07) is 8.43. The first-order chi connectivity index (χ1) is 16.8. The van der Waals surface area contributed by atoms with Crippen LogP contribution in [0.15, 0.2) is 41.1 Å². The van der Waals surface area contributed by atoms with Crippen LogP contribution < -0.4 is 14.4 Å². The van der Waals surface area contributed by atoms with Crippen LogP contribution in [0.3, 0.4) is 0 Å². The minimum atomic E-state index is -4.70. The number of anilines is 1. The van der Waals surface area contributed by atoms with Gasteiger partial charge >= 0.3 is 12.1 Å². The lowest BCUT2D eigenvalue weighted by atomic mass is 10.1. The molecule has 0 radical (unpaired) electrons. The summed E-state index contributed by atoms with van der Waals surface area (Å²) in [5.41, 5.74) is 0.827. The van der Waals surface area contributed by atoms with Gasteiger partial charge in [-0.15, -0.1) is 0 Å². The molecular formula is C23H24F3N5O4. The second-order valence-corrected chi connectivity index (χ2v) is 7.63. The van der Waals surface area contributed by atoms with E-state index in [0.29, 0.717) is 67.8 Å². The third-order valence-electron chi connectivity index (χ3n) is 5.36. The van der Waals surface area contributed by atoms with Crippen LogP contribution in [0.5, 0.6) is 11.5 Å². The summed E-state index contributed by atoms with van der Waals surface area (Å²) in [5.74, 6) is 0.0780. The largest absolute Gasteiger partial charge is 0.490 e. The molecule has 12 heteroatoms. The molecule has 0 saturated carbocycles. The summed E-state index contributed by atoms with van der Waals surface area (Å²) >= 11 is 0. The van der Waals surface area contributed by atoms with Crippen LogP contribution in [0, 0.1) is 0 Å². The number of piperazine rings is 1. The Morgan fingerprint density at radius 3 is 2.34 bits per heavy atom. The average molecular weight is 491 g/mol. The number of ether oxygens (including phenoxy) is 2. The van der Waals surface area contributed by atoms with Gasteiger partial charge in [0.2, 0.25) is 5.82 Å². The molecule has 0 spiro atoms. The number of rotatable bonds is 7. The standard InChI is InChI=1S/C23H24F3N5O4/c1-3-33-17-7-5-15(13-18(17)34-4-2)21(32)31-11-9-30(10-12-31)19-8-6-16(14-27-19)20-28-22(35-29-20)23(24,25)26/h5-8,13-14H,3-4,9-12H2,1-2H3. The molecular weight excluding hydrogens is 467 g/mol. The zero-order valence-electron chi connectivity index (χ0n) is 19.2. The van der Waals surface area contributed by atoms with Gasteiger partial charge in [0.05, 0.1) is 13.2 Å². The van der Waals surface area contributed by atoms with Gasteiger partial charge in [-0.05, 0) is 44.2 Å². The van der Waals surface area contributed by atoms with Crippen molar-refractivity contribution in [1.29, 1.82) is 0 Å². The first-order valence-electron chi connectivity index (χ1n) is 11.1. The summed E-state index contributed by atoms with van der Waals surface area (Å²) < 4.78 is 53.4. The molecule has 0 unspecified atom stereocenters. The number of benzene rings is 1. The van der Waals surface area contributed by atoms with Gasteiger partial charge in [-0.2, -0.15) is 18.2 Å². The number of hydrogen-bond donors (Lipinski definition) is 0. The molecule has 1 amide bonds. The van der Waals surface area contributed by atoms with Crippen molar-refractivity contribution in [2.75, 3.05) is 44.3 Å². The van der Waals surface area contributed by atoms with Crippen molar-refractivity contribution in [1.82, 2.24) is 20.0 Å². The molecule has 3 heterocycles. The maximum absolute atomic E-state index is 13.0. The monoisotopic (exact) mass is 491 g/mol. The van der Waals surface area contributed by atoms with E-state index >= 15 is 0 Å². The number of pyridine rings is 1. The van der Waals surface area contributed by atoms with Gasteiger partial charge < -0.3 is 23.8 Å². The molecule has 186 valence electrons. The van der Waals surface area contributed by atoms with Crippen LogP contribution in [0.4, 0.5) is 19.0 Å². The Balaban J connectivity index is 1.38. The van der Waals surface area contributed by atoms with E-state index in [1.807, 2.05) is 18.7 Å². The summed E-state index contributed by atoms with van der Waals surface area (Å²) in [5, 5.41) is 3.37. The molecule has 1 fully saturated rings. The van der Waals surface area contributed by atoms with E-state index in [9.17, 15) is 18.0 Å². The number of carbonyl (C=O) groups is 1. The van der Waals surface area contributed by atoms with Crippen LogP contribution in [-0.4, -0.2) is 65.3 Å². The van der Waals surface area contributed by atoms with Crippen molar-refractivity contribution in [3.05, 3.63) is 48.0 Å². The number of carbonyl (C=O) groups excluding carboxylic acids is 1. The summed E-state index contributed by atoms with van der Waals surface area (Å²) in [7, 11) is 0. The first-order valence-corrected chi connectivity index (χ1v) is 11.1. The van der Waals surface area contributed by atoms with Gasteiger partial charge in [-0.25, -0.2) is 4.98 Å². The summed E-state index contributed by atoms with van der Waals surface area (Å²) in [6.07, 6.45) is -3.31. The third kappa shape index (κ3) is 5.47. The predicted octanol–water partition coefficient (Wildman–Crippen LogP) is 3.91. The van der Waals surface area contributed by atoms with Crippen LogP contribution in [0.25, 0.3) is 11.4 Å². The maximum Gasteiger partial charge on any atom is 0.471 e. The van der Waals surface area contributed by atoms with Gasteiger partial charge in [0.25, 0.3) is 5.91 Å². The number of aromatic nitrogens is 3. The molecule has 0 aliphatic carbocycles. The van der Waals surface area contributed by atoms with E-state index in [-0.39, 0.29) is 11.7 Å². The highest BCUT2D eigenvalue weighted by Crippen LogP contribution is 2.30.